The van der Waals surface area contributed by atoms with Crippen molar-refractivity contribution in [2.24, 2.45) is 0 Å². The van der Waals surface area contributed by atoms with E-state index in [1.54, 1.807) is 6.20 Å². The molecule has 2 saturated heterocycles. The number of nitrogens with two attached hydrogens (primary N) is 1. The normalized spacial score (nSPS) is 33.4. The molecular formula is C11H16ClN3O2. The van der Waals surface area contributed by atoms with Crippen molar-refractivity contribution in [3.05, 3.63) is 11.2 Å². The van der Waals surface area contributed by atoms with Crippen molar-refractivity contribution in [1.29, 1.82) is 0 Å². The Labute approximate surface area is 105 Å². The van der Waals surface area contributed by atoms with Crippen molar-refractivity contribution in [3.8, 4) is 0 Å². The molecular weight excluding hydrogens is 242 g/mol. The number of ether oxygens (including phenoxy) is 2. The van der Waals surface area contributed by atoms with Crippen molar-refractivity contribution in [2.45, 2.75) is 30.9 Å². The van der Waals surface area contributed by atoms with Crippen LogP contribution in [0, 0.1) is 0 Å². The second-order valence-corrected chi connectivity index (χ2v) is 5.23. The Bertz CT molecular complexity index is 395. The first-order valence-electron chi connectivity index (χ1n) is 5.90. The minimum Gasteiger partial charge on any atom is -0.381 e. The fourth-order valence-corrected chi connectivity index (χ4v) is 2.80. The summed E-state index contributed by atoms with van der Waals surface area (Å²) in [4.78, 5) is 0. The largest absolute Gasteiger partial charge is 0.381 e. The zero-order valence-corrected chi connectivity index (χ0v) is 10.3. The molecule has 1 aromatic rings. The second-order valence-electron chi connectivity index (χ2n) is 4.82. The van der Waals surface area contributed by atoms with E-state index in [0.717, 1.165) is 32.5 Å². The molecule has 1 spiro atoms. The number of halogens is 1. The minimum absolute atomic E-state index is 0.115. The van der Waals surface area contributed by atoms with Crippen LogP contribution in [-0.4, -0.2) is 35.2 Å². The number of rotatable bonds is 1. The summed E-state index contributed by atoms with van der Waals surface area (Å²) in [7, 11) is 0. The van der Waals surface area contributed by atoms with Gasteiger partial charge in [0, 0.05) is 32.3 Å². The summed E-state index contributed by atoms with van der Waals surface area (Å²) in [5.41, 5.74) is 5.56. The Kier molecular flexibility index (Phi) is 2.77. The van der Waals surface area contributed by atoms with Gasteiger partial charge in [0.05, 0.1) is 18.2 Å². The summed E-state index contributed by atoms with van der Waals surface area (Å²) >= 11 is 5.94. The van der Waals surface area contributed by atoms with Gasteiger partial charge in [-0.2, -0.15) is 5.10 Å². The average molecular weight is 258 g/mol. The first-order valence-corrected chi connectivity index (χ1v) is 6.28. The van der Waals surface area contributed by atoms with Crippen molar-refractivity contribution in [3.63, 3.8) is 0 Å². The minimum atomic E-state index is -0.115. The van der Waals surface area contributed by atoms with E-state index >= 15 is 0 Å². The smallest absolute Gasteiger partial charge is 0.164 e. The van der Waals surface area contributed by atoms with E-state index in [9.17, 15) is 0 Å². The molecule has 2 aliphatic rings. The SMILES string of the molecule is Nc1nn(C2CCOC3(CCOC3)C2)cc1Cl. The molecule has 6 heteroatoms. The van der Waals surface area contributed by atoms with E-state index < -0.39 is 0 Å². The lowest BCUT2D eigenvalue weighted by Gasteiger charge is -2.37. The quantitative estimate of drug-likeness (QED) is 0.831. The molecule has 94 valence electrons. The fourth-order valence-electron chi connectivity index (χ4n) is 2.66. The Morgan fingerprint density at radius 2 is 2.41 bits per heavy atom. The van der Waals surface area contributed by atoms with E-state index in [1.165, 1.54) is 0 Å². The number of hydrogen-bond acceptors (Lipinski definition) is 4. The predicted molar refractivity (Wildman–Crippen MR) is 64.0 cm³/mol. The molecule has 17 heavy (non-hydrogen) atoms. The van der Waals surface area contributed by atoms with Gasteiger partial charge in [0.2, 0.25) is 0 Å². The Morgan fingerprint density at radius 3 is 3.06 bits per heavy atom. The molecule has 0 radical (unpaired) electrons. The summed E-state index contributed by atoms with van der Waals surface area (Å²) in [5.74, 6) is 0.398. The Balaban J connectivity index is 1.79. The molecule has 5 nitrogen and oxygen atoms in total. The Hall–Kier alpha value is -0.780. The van der Waals surface area contributed by atoms with Crippen LogP contribution in [0.4, 0.5) is 5.82 Å². The second kappa shape index (κ2) is 4.15. The van der Waals surface area contributed by atoms with Crippen LogP contribution in [0.25, 0.3) is 0 Å². The molecule has 3 heterocycles. The van der Waals surface area contributed by atoms with Crippen LogP contribution in [0.2, 0.25) is 5.02 Å². The van der Waals surface area contributed by atoms with Gasteiger partial charge in [-0.05, 0) is 6.42 Å². The zero-order chi connectivity index (χ0) is 11.9. The summed E-state index contributed by atoms with van der Waals surface area (Å²) in [6, 6.07) is 0.306. The maximum atomic E-state index is 5.94. The summed E-state index contributed by atoms with van der Waals surface area (Å²) in [6.07, 6.45) is 4.63. The molecule has 0 aromatic carbocycles. The van der Waals surface area contributed by atoms with E-state index in [1.807, 2.05) is 4.68 Å². The molecule has 0 amide bonds. The lowest BCUT2D eigenvalue weighted by Crippen LogP contribution is -2.41. The third-order valence-electron chi connectivity index (χ3n) is 3.62. The van der Waals surface area contributed by atoms with Crippen LogP contribution in [0.3, 0.4) is 0 Å². The highest BCUT2D eigenvalue weighted by Gasteiger charge is 2.41. The molecule has 2 N–H and O–H groups in total. The monoisotopic (exact) mass is 257 g/mol. The number of nitrogens with zero attached hydrogens (tertiary/aromatic N) is 2. The summed E-state index contributed by atoms with van der Waals surface area (Å²) in [6.45, 7) is 2.22. The third-order valence-corrected chi connectivity index (χ3v) is 3.91. The van der Waals surface area contributed by atoms with E-state index in [-0.39, 0.29) is 5.60 Å². The molecule has 2 unspecified atom stereocenters. The van der Waals surface area contributed by atoms with Crippen LogP contribution >= 0.6 is 11.6 Å². The van der Waals surface area contributed by atoms with Crippen molar-refractivity contribution >= 4 is 17.4 Å². The van der Waals surface area contributed by atoms with Gasteiger partial charge < -0.3 is 15.2 Å². The van der Waals surface area contributed by atoms with Crippen LogP contribution in [-0.2, 0) is 9.47 Å². The topological polar surface area (TPSA) is 62.3 Å². The van der Waals surface area contributed by atoms with Crippen LogP contribution in [0.5, 0.6) is 0 Å². The molecule has 3 rings (SSSR count). The lowest BCUT2D eigenvalue weighted by molar-refractivity contribution is -0.0962. The first-order chi connectivity index (χ1) is 8.19. The lowest BCUT2D eigenvalue weighted by atomic mass is 9.90. The van der Waals surface area contributed by atoms with E-state index in [0.29, 0.717) is 23.5 Å². The highest BCUT2D eigenvalue weighted by molar-refractivity contribution is 6.32. The molecule has 2 atom stereocenters. The number of nitrogen functional groups attached to an aromatic ring is 1. The van der Waals surface area contributed by atoms with Crippen molar-refractivity contribution < 1.29 is 9.47 Å². The van der Waals surface area contributed by atoms with Gasteiger partial charge in [0.15, 0.2) is 5.82 Å². The van der Waals surface area contributed by atoms with E-state index in [2.05, 4.69) is 5.10 Å². The van der Waals surface area contributed by atoms with Gasteiger partial charge in [-0.25, -0.2) is 0 Å². The maximum absolute atomic E-state index is 5.94. The van der Waals surface area contributed by atoms with Gasteiger partial charge in [0.1, 0.15) is 5.02 Å². The van der Waals surface area contributed by atoms with Crippen LogP contribution < -0.4 is 5.73 Å². The molecule has 1 aromatic heterocycles. The molecule has 2 aliphatic heterocycles. The summed E-state index contributed by atoms with van der Waals surface area (Å²) < 4.78 is 13.2. The van der Waals surface area contributed by atoms with Gasteiger partial charge >= 0.3 is 0 Å². The molecule has 2 fully saturated rings. The number of aromatic nitrogens is 2. The van der Waals surface area contributed by atoms with Gasteiger partial charge in [-0.15, -0.1) is 0 Å². The van der Waals surface area contributed by atoms with Gasteiger partial charge in [0.25, 0.3) is 0 Å². The standard InChI is InChI=1S/C11H16ClN3O2/c12-9-6-15(14-10(9)13)8-1-3-17-11(5-8)2-4-16-7-11/h6,8H,1-5,7H2,(H2,13,14). The summed E-state index contributed by atoms with van der Waals surface area (Å²) in [5, 5.41) is 4.78. The number of hydrogen-bond donors (Lipinski definition) is 1. The van der Waals surface area contributed by atoms with Crippen molar-refractivity contribution in [2.75, 3.05) is 25.6 Å². The molecule has 0 saturated carbocycles. The maximum Gasteiger partial charge on any atom is 0.164 e. The average Bonchev–Trinajstić information content (AvgIpc) is 2.88. The molecule has 0 bridgehead atoms. The highest BCUT2D eigenvalue weighted by atomic mass is 35.5. The predicted octanol–water partition coefficient (Wildman–Crippen LogP) is 1.63. The number of anilines is 1. The van der Waals surface area contributed by atoms with Crippen LogP contribution in [0.1, 0.15) is 25.3 Å². The van der Waals surface area contributed by atoms with Gasteiger partial charge in [-0.3, -0.25) is 4.68 Å². The fraction of sp³-hybridized carbons (Fsp3) is 0.727. The zero-order valence-electron chi connectivity index (χ0n) is 9.56. The molecule has 0 aliphatic carbocycles. The van der Waals surface area contributed by atoms with Crippen LogP contribution in [0.15, 0.2) is 6.20 Å². The van der Waals surface area contributed by atoms with Gasteiger partial charge in [-0.1, -0.05) is 11.6 Å². The third kappa shape index (κ3) is 2.03. The van der Waals surface area contributed by atoms with Crippen molar-refractivity contribution in [1.82, 2.24) is 9.78 Å². The Morgan fingerprint density at radius 1 is 1.53 bits per heavy atom. The first kappa shape index (κ1) is 11.3. The van der Waals surface area contributed by atoms with E-state index in [4.69, 9.17) is 26.8 Å². The highest BCUT2D eigenvalue weighted by Crippen LogP contribution is 2.38.